The molecule has 1 aromatic carbocycles. The van der Waals surface area contributed by atoms with Crippen molar-refractivity contribution in [3.63, 3.8) is 0 Å². The van der Waals surface area contributed by atoms with Crippen molar-refractivity contribution in [2.45, 2.75) is 67.3 Å². The molecule has 1 aromatic heterocycles. The van der Waals surface area contributed by atoms with Gasteiger partial charge in [-0.05, 0) is 69.4 Å². The molecule has 0 unspecified atom stereocenters. The van der Waals surface area contributed by atoms with Crippen LogP contribution in [0.15, 0.2) is 23.9 Å². The fourth-order valence-electron chi connectivity index (χ4n) is 3.15. The highest BCUT2D eigenvalue weighted by atomic mass is 35.5. The lowest BCUT2D eigenvalue weighted by atomic mass is 9.92. The number of nitrogens with zero attached hydrogens (tertiary/aromatic N) is 2. The third-order valence-corrected chi connectivity index (χ3v) is 5.23. The van der Waals surface area contributed by atoms with E-state index in [-0.39, 0.29) is 29.6 Å². The van der Waals surface area contributed by atoms with Crippen molar-refractivity contribution in [1.29, 1.82) is 0 Å². The molecule has 0 amide bonds. The molecule has 29 heavy (non-hydrogen) atoms. The number of allylic oxidation sites excluding steroid dienone is 2. The number of aryl methyl sites for hydroxylation is 1. The van der Waals surface area contributed by atoms with E-state index in [1.807, 2.05) is 41.5 Å². The molecule has 2 rings (SSSR count). The van der Waals surface area contributed by atoms with E-state index in [9.17, 15) is 9.59 Å². The Labute approximate surface area is 177 Å². The van der Waals surface area contributed by atoms with Crippen molar-refractivity contribution in [2.75, 3.05) is 0 Å². The van der Waals surface area contributed by atoms with E-state index in [1.165, 1.54) is 6.20 Å². The summed E-state index contributed by atoms with van der Waals surface area (Å²) >= 11 is 6.44. The average Bonchev–Trinajstić information content (AvgIpc) is 3.04. The zero-order chi connectivity index (χ0) is 21.7. The summed E-state index contributed by atoms with van der Waals surface area (Å²) in [7, 11) is 0. The SMILES string of the molecule is CCCC(=O)Oc1c(C(=O)c2ccc(Cl)c(C(C)=C(C)C)c2C)cnn1CCC. The van der Waals surface area contributed by atoms with Crippen molar-refractivity contribution in [1.82, 2.24) is 9.78 Å². The number of hydrogen-bond acceptors (Lipinski definition) is 4. The second-order valence-electron chi connectivity index (χ2n) is 7.36. The zero-order valence-electron chi connectivity index (χ0n) is 18.1. The largest absolute Gasteiger partial charge is 0.407 e. The van der Waals surface area contributed by atoms with Crippen LogP contribution in [0.3, 0.4) is 0 Å². The van der Waals surface area contributed by atoms with Gasteiger partial charge in [-0.1, -0.05) is 31.0 Å². The van der Waals surface area contributed by atoms with Crippen LogP contribution in [0.1, 0.15) is 80.9 Å². The summed E-state index contributed by atoms with van der Waals surface area (Å²) in [4.78, 5) is 25.5. The summed E-state index contributed by atoms with van der Waals surface area (Å²) < 4.78 is 7.11. The van der Waals surface area contributed by atoms with Gasteiger partial charge in [0.25, 0.3) is 0 Å². The van der Waals surface area contributed by atoms with Gasteiger partial charge in [-0.2, -0.15) is 5.10 Å². The minimum atomic E-state index is -0.367. The Bertz CT molecular complexity index is 953. The van der Waals surface area contributed by atoms with Crippen molar-refractivity contribution in [3.05, 3.63) is 51.2 Å². The molecular weight excluding hydrogens is 388 g/mol. The molecule has 0 fully saturated rings. The minimum Gasteiger partial charge on any atom is -0.407 e. The Morgan fingerprint density at radius 1 is 1.10 bits per heavy atom. The Balaban J connectivity index is 2.57. The molecular formula is C23H29ClN2O3. The number of rotatable bonds is 8. The smallest absolute Gasteiger partial charge is 0.312 e. The molecule has 0 aliphatic carbocycles. The van der Waals surface area contributed by atoms with Gasteiger partial charge in [0.2, 0.25) is 5.88 Å². The highest BCUT2D eigenvalue weighted by molar-refractivity contribution is 6.32. The molecule has 156 valence electrons. The van der Waals surface area contributed by atoms with Gasteiger partial charge in [0.15, 0.2) is 5.78 Å². The number of carbonyl (C=O) groups excluding carboxylic acids is 2. The van der Waals surface area contributed by atoms with Crippen molar-refractivity contribution in [3.8, 4) is 5.88 Å². The summed E-state index contributed by atoms with van der Waals surface area (Å²) in [5.41, 5.74) is 4.64. The predicted octanol–water partition coefficient (Wildman–Crippen LogP) is 6.00. The molecule has 0 atom stereocenters. The Kier molecular flexibility index (Phi) is 7.80. The fraction of sp³-hybridized carbons (Fsp3) is 0.435. The molecule has 0 bridgehead atoms. The number of carbonyl (C=O) groups is 2. The van der Waals surface area contributed by atoms with Crippen LogP contribution in [0.4, 0.5) is 0 Å². The first-order valence-corrected chi connectivity index (χ1v) is 10.3. The van der Waals surface area contributed by atoms with Gasteiger partial charge in [-0.15, -0.1) is 0 Å². The topological polar surface area (TPSA) is 61.2 Å². The lowest BCUT2D eigenvalue weighted by Crippen LogP contribution is -2.15. The van der Waals surface area contributed by atoms with E-state index >= 15 is 0 Å². The molecule has 1 heterocycles. The number of benzene rings is 1. The normalized spacial score (nSPS) is 10.7. The molecule has 0 radical (unpaired) electrons. The molecule has 0 saturated heterocycles. The first-order chi connectivity index (χ1) is 13.7. The number of hydrogen-bond donors (Lipinski definition) is 0. The van der Waals surface area contributed by atoms with Gasteiger partial charge in [0.05, 0.1) is 6.20 Å². The molecule has 0 aliphatic rings. The molecule has 0 spiro atoms. The highest BCUT2D eigenvalue weighted by Gasteiger charge is 2.25. The first kappa shape index (κ1) is 22.9. The van der Waals surface area contributed by atoms with Crippen LogP contribution in [0.2, 0.25) is 5.02 Å². The molecule has 0 N–H and O–H groups in total. The van der Waals surface area contributed by atoms with Crippen LogP contribution in [0.25, 0.3) is 5.57 Å². The second-order valence-corrected chi connectivity index (χ2v) is 7.77. The Hall–Kier alpha value is -2.40. The van der Waals surface area contributed by atoms with Crippen LogP contribution in [0, 0.1) is 6.92 Å². The van der Waals surface area contributed by atoms with E-state index < -0.39 is 0 Å². The monoisotopic (exact) mass is 416 g/mol. The van der Waals surface area contributed by atoms with E-state index in [0.29, 0.717) is 23.6 Å². The van der Waals surface area contributed by atoms with Crippen LogP contribution < -0.4 is 4.74 Å². The maximum absolute atomic E-state index is 13.4. The maximum atomic E-state index is 13.4. The third-order valence-electron chi connectivity index (χ3n) is 4.92. The standard InChI is InChI=1S/C23H29ClN2O3/c1-7-9-20(27)29-23-18(13-25-26(23)12-8-2)22(28)17-10-11-19(24)21(16(17)6)15(5)14(3)4/h10-11,13H,7-9,12H2,1-6H3. The first-order valence-electron chi connectivity index (χ1n) is 9.97. The number of ether oxygens (including phenoxy) is 1. The van der Waals surface area contributed by atoms with Gasteiger partial charge < -0.3 is 4.74 Å². The van der Waals surface area contributed by atoms with Crippen LogP contribution >= 0.6 is 11.6 Å². The predicted molar refractivity (Wildman–Crippen MR) is 117 cm³/mol. The summed E-state index contributed by atoms with van der Waals surface area (Å²) in [5.74, 6) is -0.387. The van der Waals surface area contributed by atoms with Crippen LogP contribution in [-0.2, 0) is 11.3 Å². The quantitative estimate of drug-likeness (QED) is 0.390. The lowest BCUT2D eigenvalue weighted by molar-refractivity contribution is -0.134. The molecule has 0 saturated carbocycles. The molecule has 2 aromatic rings. The van der Waals surface area contributed by atoms with Crippen molar-refractivity contribution in [2.24, 2.45) is 0 Å². The second kappa shape index (κ2) is 9.88. The molecule has 6 heteroatoms. The fourth-order valence-corrected chi connectivity index (χ4v) is 3.50. The van der Waals surface area contributed by atoms with Gasteiger partial charge in [0, 0.05) is 23.6 Å². The highest BCUT2D eigenvalue weighted by Crippen LogP contribution is 2.33. The summed E-state index contributed by atoms with van der Waals surface area (Å²) in [6, 6.07) is 3.46. The lowest BCUT2D eigenvalue weighted by Gasteiger charge is -2.15. The van der Waals surface area contributed by atoms with Crippen molar-refractivity contribution < 1.29 is 14.3 Å². The molecule has 0 aliphatic heterocycles. The number of esters is 1. The average molecular weight is 417 g/mol. The number of ketones is 1. The maximum Gasteiger partial charge on any atom is 0.312 e. The number of aromatic nitrogens is 2. The zero-order valence-corrected chi connectivity index (χ0v) is 18.8. The number of halogens is 1. The van der Waals surface area contributed by atoms with E-state index in [2.05, 4.69) is 5.10 Å². The van der Waals surface area contributed by atoms with Crippen LogP contribution in [-0.4, -0.2) is 21.5 Å². The van der Waals surface area contributed by atoms with Crippen LogP contribution in [0.5, 0.6) is 5.88 Å². The Morgan fingerprint density at radius 2 is 1.79 bits per heavy atom. The minimum absolute atomic E-state index is 0.213. The van der Waals surface area contributed by atoms with Gasteiger partial charge in [-0.25, -0.2) is 4.68 Å². The van der Waals surface area contributed by atoms with Crippen molar-refractivity contribution >= 4 is 28.9 Å². The van der Waals surface area contributed by atoms with E-state index in [4.69, 9.17) is 16.3 Å². The van der Waals surface area contributed by atoms with E-state index in [0.717, 1.165) is 28.7 Å². The Morgan fingerprint density at radius 3 is 2.38 bits per heavy atom. The van der Waals surface area contributed by atoms with Gasteiger partial charge in [-0.3, -0.25) is 9.59 Å². The third kappa shape index (κ3) is 4.96. The summed E-state index contributed by atoms with van der Waals surface area (Å²) in [6.07, 6.45) is 3.24. The molecule has 5 nitrogen and oxygen atoms in total. The van der Waals surface area contributed by atoms with Gasteiger partial charge in [0.1, 0.15) is 5.56 Å². The van der Waals surface area contributed by atoms with Gasteiger partial charge >= 0.3 is 5.97 Å². The summed E-state index contributed by atoms with van der Waals surface area (Å²) in [5, 5.41) is 4.89. The summed E-state index contributed by atoms with van der Waals surface area (Å²) in [6.45, 7) is 12.4. The van der Waals surface area contributed by atoms with E-state index in [1.54, 1.807) is 16.8 Å².